The Labute approximate surface area is 184 Å². The van der Waals surface area contributed by atoms with Gasteiger partial charge in [-0.15, -0.1) is 4.37 Å². The predicted molar refractivity (Wildman–Crippen MR) is 119 cm³/mol. The average molecular weight is 443 g/mol. The quantitative estimate of drug-likeness (QED) is 0.625. The summed E-state index contributed by atoms with van der Waals surface area (Å²) in [5.41, 5.74) is 0.957. The number of carbonyl (C=O) groups is 1. The van der Waals surface area contributed by atoms with Crippen LogP contribution >= 0.6 is 11.5 Å². The molecule has 2 N–H and O–H groups in total. The SMILES string of the molecule is COc1nsc(NC(=O)N[C@@H]2CC3C[C@H](N(C)c4ncnc5c4ccn5C)C[C@H]3C2)n1. The summed E-state index contributed by atoms with van der Waals surface area (Å²) in [7, 11) is 5.64. The molecule has 10 nitrogen and oxygen atoms in total. The monoisotopic (exact) mass is 442 g/mol. The number of urea groups is 1. The maximum Gasteiger partial charge on any atom is 0.329 e. The Morgan fingerprint density at radius 2 is 2.03 bits per heavy atom. The molecule has 3 aromatic heterocycles. The lowest BCUT2D eigenvalue weighted by Gasteiger charge is -2.27. The van der Waals surface area contributed by atoms with Crippen LogP contribution in [0.4, 0.5) is 15.7 Å². The van der Waals surface area contributed by atoms with E-state index in [2.05, 4.69) is 48.0 Å². The van der Waals surface area contributed by atoms with Gasteiger partial charge in [-0.05, 0) is 43.6 Å². The van der Waals surface area contributed by atoms with Crippen LogP contribution in [0.25, 0.3) is 11.0 Å². The highest BCUT2D eigenvalue weighted by molar-refractivity contribution is 7.10. The fraction of sp³-hybridized carbons (Fsp3) is 0.550. The van der Waals surface area contributed by atoms with Crippen LogP contribution in [0.3, 0.4) is 0 Å². The van der Waals surface area contributed by atoms with Gasteiger partial charge in [-0.2, -0.15) is 4.98 Å². The second-order valence-electron chi connectivity index (χ2n) is 8.47. The van der Waals surface area contributed by atoms with Gasteiger partial charge in [0.1, 0.15) is 17.8 Å². The molecule has 1 unspecified atom stereocenters. The van der Waals surface area contributed by atoms with Crippen molar-refractivity contribution >= 4 is 39.5 Å². The maximum atomic E-state index is 12.3. The summed E-state index contributed by atoms with van der Waals surface area (Å²) >= 11 is 1.11. The number of hydrogen-bond acceptors (Lipinski definition) is 8. The fourth-order valence-corrected chi connectivity index (χ4v) is 5.74. The summed E-state index contributed by atoms with van der Waals surface area (Å²) in [5, 5.41) is 7.37. The molecule has 11 heteroatoms. The van der Waals surface area contributed by atoms with E-state index in [1.165, 1.54) is 7.11 Å². The van der Waals surface area contributed by atoms with Crippen LogP contribution in [-0.4, -0.2) is 56.2 Å². The van der Waals surface area contributed by atoms with Crippen molar-refractivity contribution in [1.29, 1.82) is 0 Å². The Kier molecular flexibility index (Phi) is 5.12. The summed E-state index contributed by atoms with van der Waals surface area (Å²) in [4.78, 5) is 27.7. The van der Waals surface area contributed by atoms with E-state index in [4.69, 9.17) is 4.74 Å². The lowest BCUT2D eigenvalue weighted by atomic mass is 10.0. The molecular weight excluding hydrogens is 416 g/mol. The Morgan fingerprint density at radius 3 is 2.74 bits per heavy atom. The molecule has 0 bridgehead atoms. The molecule has 0 aliphatic heterocycles. The number of nitrogens with one attached hydrogen (secondary N) is 2. The van der Waals surface area contributed by atoms with Gasteiger partial charge in [0.05, 0.1) is 12.5 Å². The van der Waals surface area contributed by atoms with Crippen molar-refractivity contribution in [3.05, 3.63) is 18.6 Å². The number of rotatable bonds is 5. The van der Waals surface area contributed by atoms with Crippen molar-refractivity contribution in [3.63, 3.8) is 0 Å². The number of nitrogens with zero attached hydrogens (tertiary/aromatic N) is 6. The minimum atomic E-state index is -0.232. The lowest BCUT2D eigenvalue weighted by molar-refractivity contribution is 0.248. The lowest BCUT2D eigenvalue weighted by Crippen LogP contribution is -2.37. The molecule has 0 aromatic carbocycles. The zero-order valence-corrected chi connectivity index (χ0v) is 18.6. The first-order valence-electron chi connectivity index (χ1n) is 10.5. The number of methoxy groups -OCH3 is 1. The molecule has 4 atom stereocenters. The van der Waals surface area contributed by atoms with E-state index in [1.807, 2.05) is 17.8 Å². The van der Waals surface area contributed by atoms with E-state index in [1.54, 1.807) is 6.33 Å². The number of aryl methyl sites for hydroxylation is 1. The largest absolute Gasteiger partial charge is 0.466 e. The highest BCUT2D eigenvalue weighted by atomic mass is 32.1. The topological polar surface area (TPSA) is 110 Å². The van der Waals surface area contributed by atoms with Gasteiger partial charge in [0, 0.05) is 43.9 Å². The molecular formula is C20H26N8O2S. The third kappa shape index (κ3) is 3.78. The van der Waals surface area contributed by atoms with Gasteiger partial charge < -0.3 is 19.5 Å². The molecule has 164 valence electrons. The number of carbonyl (C=O) groups excluding carboxylic acids is 1. The molecule has 2 aliphatic carbocycles. The maximum absolute atomic E-state index is 12.3. The van der Waals surface area contributed by atoms with Gasteiger partial charge in [-0.1, -0.05) is 0 Å². The number of amides is 2. The van der Waals surface area contributed by atoms with Crippen molar-refractivity contribution in [2.45, 2.75) is 37.8 Å². The van der Waals surface area contributed by atoms with Gasteiger partial charge in [0.2, 0.25) is 5.13 Å². The van der Waals surface area contributed by atoms with E-state index in [0.29, 0.717) is 23.0 Å². The smallest absolute Gasteiger partial charge is 0.329 e. The first-order valence-corrected chi connectivity index (χ1v) is 11.2. The Balaban J connectivity index is 1.17. The number of aromatic nitrogens is 5. The van der Waals surface area contributed by atoms with Gasteiger partial charge in [-0.25, -0.2) is 14.8 Å². The van der Waals surface area contributed by atoms with Crippen LogP contribution < -0.4 is 20.3 Å². The van der Waals surface area contributed by atoms with Crippen LogP contribution in [0.2, 0.25) is 0 Å². The van der Waals surface area contributed by atoms with Crippen LogP contribution in [-0.2, 0) is 7.05 Å². The molecule has 0 spiro atoms. The molecule has 2 fully saturated rings. The van der Waals surface area contributed by atoms with Gasteiger partial charge >= 0.3 is 12.0 Å². The van der Waals surface area contributed by atoms with E-state index < -0.39 is 0 Å². The molecule has 0 radical (unpaired) electrons. The second kappa shape index (κ2) is 7.95. The van der Waals surface area contributed by atoms with Crippen LogP contribution in [0.1, 0.15) is 25.7 Å². The molecule has 0 saturated heterocycles. The third-order valence-corrected chi connectivity index (χ3v) is 7.27. The summed E-state index contributed by atoms with van der Waals surface area (Å²) in [6.07, 6.45) is 7.92. The van der Waals surface area contributed by atoms with Crippen molar-refractivity contribution in [1.82, 2.24) is 29.2 Å². The number of anilines is 2. The first kappa shape index (κ1) is 20.0. The first-order chi connectivity index (χ1) is 15.0. The minimum absolute atomic E-state index is 0.191. The fourth-order valence-electron chi connectivity index (χ4n) is 5.20. The van der Waals surface area contributed by atoms with Crippen LogP contribution in [0.5, 0.6) is 6.01 Å². The van der Waals surface area contributed by atoms with Crippen molar-refractivity contribution in [2.75, 3.05) is 24.4 Å². The minimum Gasteiger partial charge on any atom is -0.466 e. The van der Waals surface area contributed by atoms with Crippen molar-refractivity contribution in [2.24, 2.45) is 18.9 Å². The third-order valence-electron chi connectivity index (χ3n) is 6.66. The van der Waals surface area contributed by atoms with E-state index >= 15 is 0 Å². The van der Waals surface area contributed by atoms with Crippen LogP contribution in [0.15, 0.2) is 18.6 Å². The molecule has 2 amide bonds. The normalized spacial score (nSPS) is 24.9. The van der Waals surface area contributed by atoms with E-state index in [-0.39, 0.29) is 18.1 Å². The van der Waals surface area contributed by atoms with Gasteiger partial charge in [0.25, 0.3) is 0 Å². The van der Waals surface area contributed by atoms with Crippen molar-refractivity contribution in [3.8, 4) is 6.01 Å². The summed E-state index contributed by atoms with van der Waals surface area (Å²) in [6, 6.07) is 2.77. The second-order valence-corrected chi connectivity index (χ2v) is 9.22. The molecule has 2 saturated carbocycles. The van der Waals surface area contributed by atoms with E-state index in [0.717, 1.165) is 54.1 Å². The number of fused-ring (bicyclic) bond motifs is 2. The molecule has 5 rings (SSSR count). The Bertz CT molecular complexity index is 1080. The summed E-state index contributed by atoms with van der Waals surface area (Å²) < 4.78 is 11.0. The van der Waals surface area contributed by atoms with Crippen LogP contribution in [0, 0.1) is 11.8 Å². The summed E-state index contributed by atoms with van der Waals surface area (Å²) in [5.74, 6) is 2.23. The molecule has 3 aromatic rings. The molecule has 3 heterocycles. The van der Waals surface area contributed by atoms with Crippen molar-refractivity contribution < 1.29 is 9.53 Å². The highest BCUT2D eigenvalue weighted by Crippen LogP contribution is 2.46. The zero-order valence-electron chi connectivity index (χ0n) is 17.8. The zero-order chi connectivity index (χ0) is 21.5. The standard InChI is InChI=1S/C20H26N8O2S/c1-27-5-4-15-16(27)21-10-22-17(15)28(2)14-8-11-6-13(7-12(11)9-14)23-18(29)24-20-25-19(30-3)26-31-20/h4-5,10-14H,6-9H2,1-3H3,(H2,23,24,25,26,29)/t11-,12?,13+,14-/m1/s1. The summed E-state index contributed by atoms with van der Waals surface area (Å²) in [6.45, 7) is 0. The highest BCUT2D eigenvalue weighted by Gasteiger charge is 2.43. The molecule has 31 heavy (non-hydrogen) atoms. The number of ether oxygens (including phenoxy) is 1. The Morgan fingerprint density at radius 1 is 1.26 bits per heavy atom. The van der Waals surface area contributed by atoms with Gasteiger partial charge in [-0.3, -0.25) is 5.32 Å². The average Bonchev–Trinajstić information content (AvgIpc) is 3.51. The number of hydrogen-bond donors (Lipinski definition) is 2. The van der Waals surface area contributed by atoms with E-state index in [9.17, 15) is 4.79 Å². The predicted octanol–water partition coefficient (Wildman–Crippen LogP) is 2.64. The Hall–Kier alpha value is -2.95. The molecule has 2 aliphatic rings. The van der Waals surface area contributed by atoms with Gasteiger partial charge in [0.15, 0.2) is 0 Å².